The molecular weight excluding hydrogens is 372 g/mol. The van der Waals surface area contributed by atoms with Crippen LogP contribution in [-0.4, -0.2) is 17.5 Å². The molecule has 2 aromatic carbocycles. The number of aromatic hydroxyl groups is 1. The molecule has 0 radical (unpaired) electrons. The second kappa shape index (κ2) is 6.63. The van der Waals surface area contributed by atoms with Crippen molar-refractivity contribution in [2.24, 2.45) is 10.2 Å². The lowest BCUT2D eigenvalue weighted by molar-refractivity contribution is 0.474. The molecule has 3 nitrogen and oxygen atoms in total. The molecule has 1 N–H and O–H groups in total. The van der Waals surface area contributed by atoms with E-state index in [1.54, 1.807) is 24.4 Å². The number of hydrogen-bond donors (Lipinski definition) is 1. The Morgan fingerprint density at radius 1 is 0.842 bits per heavy atom. The van der Waals surface area contributed by atoms with Gasteiger partial charge in [0.2, 0.25) is 0 Å². The molecule has 2 rings (SSSR count). The lowest BCUT2D eigenvalue weighted by atomic mass is 10.2. The van der Waals surface area contributed by atoms with E-state index in [1.807, 2.05) is 24.3 Å². The highest BCUT2D eigenvalue weighted by molar-refractivity contribution is 9.10. The van der Waals surface area contributed by atoms with Crippen LogP contribution in [0.25, 0.3) is 0 Å². The summed E-state index contributed by atoms with van der Waals surface area (Å²) in [5.74, 6) is 0.172. The van der Waals surface area contributed by atoms with Crippen LogP contribution >= 0.6 is 31.9 Å². The third kappa shape index (κ3) is 4.29. The van der Waals surface area contributed by atoms with E-state index >= 15 is 0 Å². The van der Waals surface area contributed by atoms with Crippen molar-refractivity contribution in [2.45, 2.75) is 0 Å². The third-order valence-electron chi connectivity index (χ3n) is 2.33. The van der Waals surface area contributed by atoms with E-state index in [0.717, 1.165) is 14.5 Å². The number of phenols is 1. The second-order valence-electron chi connectivity index (χ2n) is 3.74. The van der Waals surface area contributed by atoms with E-state index in [9.17, 15) is 5.11 Å². The van der Waals surface area contributed by atoms with Crippen LogP contribution in [-0.2, 0) is 0 Å². The Labute approximate surface area is 128 Å². The zero-order chi connectivity index (χ0) is 13.7. The van der Waals surface area contributed by atoms with E-state index in [0.29, 0.717) is 5.56 Å². The fraction of sp³-hybridized carbons (Fsp3) is 0. The molecule has 0 bridgehead atoms. The van der Waals surface area contributed by atoms with Gasteiger partial charge in [0.05, 0.1) is 12.4 Å². The molecule has 0 spiro atoms. The van der Waals surface area contributed by atoms with Crippen LogP contribution in [0.2, 0.25) is 0 Å². The van der Waals surface area contributed by atoms with Gasteiger partial charge in [-0.3, -0.25) is 0 Å². The van der Waals surface area contributed by atoms with Crippen LogP contribution < -0.4 is 0 Å². The Hall–Kier alpha value is -1.46. The molecule has 5 heteroatoms. The van der Waals surface area contributed by atoms with Gasteiger partial charge in [0.25, 0.3) is 0 Å². The van der Waals surface area contributed by atoms with Gasteiger partial charge in [0.15, 0.2) is 0 Å². The molecule has 2 aromatic rings. The summed E-state index contributed by atoms with van der Waals surface area (Å²) in [6.07, 6.45) is 3.16. The zero-order valence-electron chi connectivity index (χ0n) is 9.79. The van der Waals surface area contributed by atoms with Gasteiger partial charge >= 0.3 is 0 Å². The summed E-state index contributed by atoms with van der Waals surface area (Å²) in [7, 11) is 0. The monoisotopic (exact) mass is 380 g/mol. The number of halogens is 2. The van der Waals surface area contributed by atoms with Gasteiger partial charge in [-0.1, -0.05) is 44.0 Å². The molecule has 0 saturated heterocycles. The van der Waals surface area contributed by atoms with Gasteiger partial charge in [-0.2, -0.15) is 10.2 Å². The summed E-state index contributed by atoms with van der Waals surface area (Å²) >= 11 is 6.70. The Bertz CT molecular complexity index is 622. The van der Waals surface area contributed by atoms with Gasteiger partial charge < -0.3 is 5.11 Å². The van der Waals surface area contributed by atoms with Crippen LogP contribution in [0.1, 0.15) is 11.1 Å². The lowest BCUT2D eigenvalue weighted by Gasteiger charge is -1.97. The molecule has 0 heterocycles. The van der Waals surface area contributed by atoms with E-state index < -0.39 is 0 Å². The quantitative estimate of drug-likeness (QED) is 0.622. The number of nitrogens with zero attached hydrogens (tertiary/aromatic N) is 2. The lowest BCUT2D eigenvalue weighted by Crippen LogP contribution is -1.83. The molecule has 0 saturated carbocycles. The average molecular weight is 382 g/mol. The van der Waals surface area contributed by atoms with E-state index in [2.05, 4.69) is 42.1 Å². The first kappa shape index (κ1) is 14.0. The van der Waals surface area contributed by atoms with Gasteiger partial charge in [-0.15, -0.1) is 0 Å². The molecule has 19 heavy (non-hydrogen) atoms. The average Bonchev–Trinajstić information content (AvgIpc) is 2.40. The molecule has 0 aromatic heterocycles. The third-order valence-corrected chi connectivity index (χ3v) is 3.35. The number of rotatable bonds is 3. The smallest absolute Gasteiger partial charge is 0.124 e. The summed E-state index contributed by atoms with van der Waals surface area (Å²) < 4.78 is 1.90. The largest absolute Gasteiger partial charge is 0.507 e. The SMILES string of the molecule is Oc1ccc(Br)cc1C=NN=Cc1ccc(Br)cc1. The summed E-state index contributed by atoms with van der Waals surface area (Å²) in [6.45, 7) is 0. The summed E-state index contributed by atoms with van der Waals surface area (Å²) in [5.41, 5.74) is 1.57. The second-order valence-corrected chi connectivity index (χ2v) is 5.58. The van der Waals surface area contributed by atoms with Crippen molar-refractivity contribution in [2.75, 3.05) is 0 Å². The molecule has 0 aliphatic rings. The maximum atomic E-state index is 9.61. The van der Waals surface area contributed by atoms with Crippen LogP contribution in [0.5, 0.6) is 5.75 Å². The van der Waals surface area contributed by atoms with E-state index in [4.69, 9.17) is 0 Å². The van der Waals surface area contributed by atoms with Crippen LogP contribution in [0.3, 0.4) is 0 Å². The fourth-order valence-electron chi connectivity index (χ4n) is 1.37. The Kier molecular flexibility index (Phi) is 4.87. The summed E-state index contributed by atoms with van der Waals surface area (Å²) in [6, 6.07) is 12.9. The minimum absolute atomic E-state index is 0.172. The fourth-order valence-corrected chi connectivity index (χ4v) is 2.02. The number of hydrogen-bond acceptors (Lipinski definition) is 3. The molecule has 96 valence electrons. The maximum Gasteiger partial charge on any atom is 0.124 e. The minimum atomic E-state index is 0.172. The first-order valence-electron chi connectivity index (χ1n) is 5.45. The van der Waals surface area contributed by atoms with Crippen molar-refractivity contribution in [3.8, 4) is 5.75 Å². The zero-order valence-corrected chi connectivity index (χ0v) is 13.0. The first-order chi connectivity index (χ1) is 9.15. The summed E-state index contributed by atoms with van der Waals surface area (Å²) in [4.78, 5) is 0. The topological polar surface area (TPSA) is 45.0 Å². The van der Waals surface area contributed by atoms with Gasteiger partial charge in [-0.25, -0.2) is 0 Å². The van der Waals surface area contributed by atoms with Crippen molar-refractivity contribution < 1.29 is 5.11 Å². The molecule has 0 fully saturated rings. The molecular formula is C14H10Br2N2O. The molecule has 0 unspecified atom stereocenters. The van der Waals surface area contributed by atoms with E-state index in [1.165, 1.54) is 6.21 Å². The van der Waals surface area contributed by atoms with Crippen LogP contribution in [0, 0.1) is 0 Å². The van der Waals surface area contributed by atoms with Crippen molar-refractivity contribution in [1.82, 2.24) is 0 Å². The van der Waals surface area contributed by atoms with Crippen LogP contribution in [0.4, 0.5) is 0 Å². The van der Waals surface area contributed by atoms with Crippen molar-refractivity contribution in [3.05, 3.63) is 62.5 Å². The van der Waals surface area contributed by atoms with Gasteiger partial charge in [0.1, 0.15) is 5.75 Å². The van der Waals surface area contributed by atoms with Crippen molar-refractivity contribution in [3.63, 3.8) is 0 Å². The molecule has 0 aliphatic heterocycles. The standard InChI is InChI=1S/C14H10Br2N2O/c15-12-3-1-10(2-4-12)8-17-18-9-11-7-13(16)5-6-14(11)19/h1-9,19H. The molecule has 0 amide bonds. The van der Waals surface area contributed by atoms with Crippen LogP contribution in [0.15, 0.2) is 61.6 Å². The highest BCUT2D eigenvalue weighted by Gasteiger charge is 1.97. The minimum Gasteiger partial charge on any atom is -0.507 e. The Balaban J connectivity index is 2.07. The number of phenolic OH excluding ortho intramolecular Hbond substituents is 1. The maximum absolute atomic E-state index is 9.61. The van der Waals surface area contributed by atoms with Gasteiger partial charge in [-0.05, 0) is 35.9 Å². The van der Waals surface area contributed by atoms with Gasteiger partial charge in [0, 0.05) is 14.5 Å². The van der Waals surface area contributed by atoms with Crippen molar-refractivity contribution >= 4 is 44.3 Å². The molecule has 0 aliphatic carbocycles. The Morgan fingerprint density at radius 3 is 2.21 bits per heavy atom. The highest BCUT2D eigenvalue weighted by atomic mass is 79.9. The molecule has 0 atom stereocenters. The normalized spacial score (nSPS) is 11.5. The van der Waals surface area contributed by atoms with Crippen molar-refractivity contribution in [1.29, 1.82) is 0 Å². The Morgan fingerprint density at radius 2 is 1.47 bits per heavy atom. The predicted molar refractivity (Wildman–Crippen MR) is 85.1 cm³/mol. The summed E-state index contributed by atoms with van der Waals surface area (Å²) in [5, 5.41) is 17.5. The number of benzene rings is 2. The first-order valence-corrected chi connectivity index (χ1v) is 7.04. The highest BCUT2D eigenvalue weighted by Crippen LogP contribution is 2.20. The predicted octanol–water partition coefficient (Wildman–Crippen LogP) is 4.37. The van der Waals surface area contributed by atoms with E-state index in [-0.39, 0.29) is 5.75 Å².